The van der Waals surface area contributed by atoms with Crippen LogP contribution in [0.3, 0.4) is 0 Å². The highest BCUT2D eigenvalue weighted by Gasteiger charge is 2.02. The van der Waals surface area contributed by atoms with E-state index in [1.54, 1.807) is 25.5 Å². The number of phenolic OH excluding ortho intramolecular Hbond substituents is 1. The summed E-state index contributed by atoms with van der Waals surface area (Å²) < 4.78 is 5.33. The first-order valence-corrected chi connectivity index (χ1v) is 6.23. The van der Waals surface area contributed by atoms with E-state index in [2.05, 4.69) is 11.9 Å². The minimum absolute atomic E-state index is 0.218. The first-order valence-electron chi connectivity index (χ1n) is 6.23. The van der Waals surface area contributed by atoms with E-state index in [0.717, 1.165) is 17.9 Å². The van der Waals surface area contributed by atoms with Crippen LogP contribution >= 0.6 is 0 Å². The minimum Gasteiger partial charge on any atom is -0.507 e. The average Bonchev–Trinajstić information content (AvgIpc) is 2.46. The van der Waals surface area contributed by atoms with Crippen molar-refractivity contribution in [3.8, 4) is 11.5 Å². The number of ether oxygens (including phenoxy) is 1. The molecule has 0 saturated heterocycles. The van der Waals surface area contributed by atoms with Crippen molar-refractivity contribution in [1.29, 1.82) is 0 Å². The molecule has 2 aromatic carbocycles. The van der Waals surface area contributed by atoms with Gasteiger partial charge in [-0.25, -0.2) is 0 Å². The number of nitrogens with zero attached hydrogens (tertiary/aromatic N) is 1. The zero-order chi connectivity index (χ0) is 13.7. The summed E-state index contributed by atoms with van der Waals surface area (Å²) in [6, 6.07) is 13.0. The van der Waals surface area contributed by atoms with Gasteiger partial charge in [-0.1, -0.05) is 25.1 Å². The van der Waals surface area contributed by atoms with Crippen molar-refractivity contribution < 1.29 is 9.84 Å². The van der Waals surface area contributed by atoms with Crippen molar-refractivity contribution in [2.75, 3.05) is 7.11 Å². The first-order chi connectivity index (χ1) is 9.24. The Bertz CT molecular complexity index is 591. The van der Waals surface area contributed by atoms with Gasteiger partial charge in [-0.15, -0.1) is 0 Å². The largest absolute Gasteiger partial charge is 0.507 e. The fourth-order valence-electron chi connectivity index (χ4n) is 1.78. The molecule has 3 heteroatoms. The second kappa shape index (κ2) is 6.05. The number of aryl methyl sites for hydroxylation is 1. The molecule has 0 atom stereocenters. The van der Waals surface area contributed by atoms with Crippen molar-refractivity contribution in [3.63, 3.8) is 0 Å². The van der Waals surface area contributed by atoms with Crippen LogP contribution in [-0.4, -0.2) is 18.4 Å². The van der Waals surface area contributed by atoms with E-state index < -0.39 is 0 Å². The SMILES string of the molecule is CCc1ccc(N=Cc2ccccc2O)c(OC)c1. The maximum atomic E-state index is 9.67. The van der Waals surface area contributed by atoms with Gasteiger partial charge >= 0.3 is 0 Å². The maximum absolute atomic E-state index is 9.67. The lowest BCUT2D eigenvalue weighted by molar-refractivity contribution is 0.415. The Labute approximate surface area is 113 Å². The van der Waals surface area contributed by atoms with Crippen LogP contribution in [-0.2, 0) is 6.42 Å². The normalized spacial score (nSPS) is 10.8. The van der Waals surface area contributed by atoms with Gasteiger partial charge in [0.2, 0.25) is 0 Å². The van der Waals surface area contributed by atoms with E-state index in [1.165, 1.54) is 5.56 Å². The highest BCUT2D eigenvalue weighted by Crippen LogP contribution is 2.28. The lowest BCUT2D eigenvalue weighted by Gasteiger charge is -2.06. The van der Waals surface area contributed by atoms with Crippen LogP contribution in [0.5, 0.6) is 11.5 Å². The van der Waals surface area contributed by atoms with Gasteiger partial charge in [-0.3, -0.25) is 4.99 Å². The highest BCUT2D eigenvalue weighted by molar-refractivity contribution is 5.85. The van der Waals surface area contributed by atoms with Gasteiger partial charge in [0.25, 0.3) is 0 Å². The molecule has 3 nitrogen and oxygen atoms in total. The summed E-state index contributed by atoms with van der Waals surface area (Å²) in [5, 5.41) is 9.67. The van der Waals surface area contributed by atoms with Crippen LogP contribution in [0.1, 0.15) is 18.1 Å². The van der Waals surface area contributed by atoms with Crippen LogP contribution in [0.4, 0.5) is 5.69 Å². The zero-order valence-corrected chi connectivity index (χ0v) is 11.1. The fourth-order valence-corrected chi connectivity index (χ4v) is 1.78. The Morgan fingerprint density at radius 1 is 1.21 bits per heavy atom. The van der Waals surface area contributed by atoms with E-state index >= 15 is 0 Å². The van der Waals surface area contributed by atoms with Crippen molar-refractivity contribution in [2.24, 2.45) is 4.99 Å². The van der Waals surface area contributed by atoms with Crippen molar-refractivity contribution in [3.05, 3.63) is 53.6 Å². The van der Waals surface area contributed by atoms with Crippen molar-refractivity contribution >= 4 is 11.9 Å². The van der Waals surface area contributed by atoms with Gasteiger partial charge in [-0.2, -0.15) is 0 Å². The van der Waals surface area contributed by atoms with E-state index in [0.29, 0.717) is 5.56 Å². The number of benzene rings is 2. The monoisotopic (exact) mass is 255 g/mol. The predicted molar refractivity (Wildman–Crippen MR) is 77.7 cm³/mol. The molecule has 0 radical (unpaired) electrons. The summed E-state index contributed by atoms with van der Waals surface area (Å²) >= 11 is 0. The topological polar surface area (TPSA) is 41.8 Å². The number of hydrogen-bond acceptors (Lipinski definition) is 3. The van der Waals surface area contributed by atoms with Crippen LogP contribution in [0.15, 0.2) is 47.5 Å². The molecular weight excluding hydrogens is 238 g/mol. The summed E-state index contributed by atoms with van der Waals surface area (Å²) in [5.74, 6) is 0.960. The number of hydrogen-bond donors (Lipinski definition) is 1. The summed E-state index contributed by atoms with van der Waals surface area (Å²) in [6.07, 6.45) is 2.60. The lowest BCUT2D eigenvalue weighted by atomic mass is 10.1. The van der Waals surface area contributed by atoms with Crippen LogP contribution in [0.25, 0.3) is 0 Å². The fraction of sp³-hybridized carbons (Fsp3) is 0.188. The molecule has 0 aliphatic carbocycles. The quantitative estimate of drug-likeness (QED) is 0.846. The van der Waals surface area contributed by atoms with Gasteiger partial charge in [-0.05, 0) is 36.2 Å². The predicted octanol–water partition coefficient (Wildman–Crippen LogP) is 3.71. The Morgan fingerprint density at radius 2 is 2.00 bits per heavy atom. The molecular formula is C16H17NO2. The molecule has 0 saturated carbocycles. The minimum atomic E-state index is 0.218. The van der Waals surface area contributed by atoms with Crippen LogP contribution in [0, 0.1) is 0 Å². The summed E-state index contributed by atoms with van der Waals surface area (Å²) in [5.41, 5.74) is 2.64. The smallest absolute Gasteiger partial charge is 0.144 e. The molecule has 0 unspecified atom stereocenters. The summed E-state index contributed by atoms with van der Waals surface area (Å²) in [4.78, 5) is 4.37. The third kappa shape index (κ3) is 3.13. The molecule has 0 aliphatic heterocycles. The molecule has 0 aromatic heterocycles. The van der Waals surface area contributed by atoms with Crippen LogP contribution < -0.4 is 4.74 Å². The van der Waals surface area contributed by atoms with Crippen LogP contribution in [0.2, 0.25) is 0 Å². The molecule has 2 rings (SSSR count). The van der Waals surface area contributed by atoms with E-state index in [9.17, 15) is 5.11 Å². The Hall–Kier alpha value is -2.29. The third-order valence-corrected chi connectivity index (χ3v) is 2.93. The average molecular weight is 255 g/mol. The second-order valence-corrected chi connectivity index (χ2v) is 4.18. The third-order valence-electron chi connectivity index (χ3n) is 2.93. The molecule has 0 fully saturated rings. The Morgan fingerprint density at radius 3 is 2.68 bits per heavy atom. The number of methoxy groups -OCH3 is 1. The molecule has 1 N–H and O–H groups in total. The standard InChI is InChI=1S/C16H17NO2/c1-3-12-8-9-14(16(10-12)19-2)17-11-13-6-4-5-7-15(13)18/h4-11,18H,3H2,1-2H3. The molecule has 0 heterocycles. The molecule has 0 amide bonds. The summed E-state index contributed by atoms with van der Waals surface area (Å²) in [6.45, 7) is 2.10. The van der Waals surface area contributed by atoms with Gasteiger partial charge in [0.1, 0.15) is 17.2 Å². The number of aromatic hydroxyl groups is 1. The van der Waals surface area contributed by atoms with E-state index in [4.69, 9.17) is 4.74 Å². The number of aliphatic imine (C=N–C) groups is 1. The summed E-state index contributed by atoms with van der Waals surface area (Å²) in [7, 11) is 1.63. The Balaban J connectivity index is 2.30. The van der Waals surface area contributed by atoms with E-state index in [1.807, 2.05) is 30.3 Å². The first kappa shape index (κ1) is 13.1. The second-order valence-electron chi connectivity index (χ2n) is 4.18. The molecule has 0 bridgehead atoms. The zero-order valence-electron chi connectivity index (χ0n) is 11.1. The van der Waals surface area contributed by atoms with Crippen molar-refractivity contribution in [2.45, 2.75) is 13.3 Å². The van der Waals surface area contributed by atoms with Gasteiger partial charge < -0.3 is 9.84 Å². The van der Waals surface area contributed by atoms with E-state index in [-0.39, 0.29) is 5.75 Å². The van der Waals surface area contributed by atoms with Gasteiger partial charge in [0.05, 0.1) is 7.11 Å². The number of para-hydroxylation sites is 1. The lowest BCUT2D eigenvalue weighted by Crippen LogP contribution is -1.88. The molecule has 2 aromatic rings. The number of rotatable bonds is 4. The van der Waals surface area contributed by atoms with Crippen molar-refractivity contribution in [1.82, 2.24) is 0 Å². The molecule has 19 heavy (non-hydrogen) atoms. The van der Waals surface area contributed by atoms with Gasteiger partial charge in [0, 0.05) is 11.8 Å². The molecule has 98 valence electrons. The number of phenols is 1. The maximum Gasteiger partial charge on any atom is 0.144 e. The van der Waals surface area contributed by atoms with Gasteiger partial charge in [0.15, 0.2) is 0 Å². The molecule has 0 spiro atoms. The Kier molecular flexibility index (Phi) is 4.18. The highest BCUT2D eigenvalue weighted by atomic mass is 16.5. The molecule has 0 aliphatic rings.